The summed E-state index contributed by atoms with van der Waals surface area (Å²) in [4.78, 5) is 0. The SMILES string of the molecule is c1cc2c(s1)NCCCN2. The fourth-order valence-corrected chi connectivity index (χ4v) is 1.89. The summed E-state index contributed by atoms with van der Waals surface area (Å²) >= 11 is 1.77. The highest BCUT2D eigenvalue weighted by atomic mass is 32.1. The summed E-state index contributed by atoms with van der Waals surface area (Å²) in [5.41, 5.74) is 1.27. The number of nitrogens with one attached hydrogen (secondary N) is 2. The number of fused-ring (bicyclic) bond motifs is 1. The Morgan fingerprint density at radius 3 is 3.20 bits per heavy atom. The van der Waals surface area contributed by atoms with Gasteiger partial charge >= 0.3 is 0 Å². The van der Waals surface area contributed by atoms with Crippen LogP contribution in [-0.2, 0) is 0 Å². The molecule has 2 rings (SSSR count). The van der Waals surface area contributed by atoms with Crippen LogP contribution in [0.25, 0.3) is 0 Å². The molecule has 54 valence electrons. The van der Waals surface area contributed by atoms with Crippen LogP contribution in [0.15, 0.2) is 11.4 Å². The van der Waals surface area contributed by atoms with Crippen LogP contribution in [-0.4, -0.2) is 13.1 Å². The zero-order valence-corrected chi connectivity index (χ0v) is 6.50. The Kier molecular flexibility index (Phi) is 1.51. The van der Waals surface area contributed by atoms with Gasteiger partial charge < -0.3 is 10.6 Å². The van der Waals surface area contributed by atoms with Crippen molar-refractivity contribution in [3.8, 4) is 0 Å². The third kappa shape index (κ3) is 0.968. The number of thiophene rings is 1. The lowest BCUT2D eigenvalue weighted by Crippen LogP contribution is -2.01. The molecule has 0 spiro atoms. The Morgan fingerprint density at radius 1 is 1.30 bits per heavy atom. The first-order valence-corrected chi connectivity index (χ1v) is 4.40. The van der Waals surface area contributed by atoms with Crippen molar-refractivity contribution < 1.29 is 0 Å². The van der Waals surface area contributed by atoms with Gasteiger partial charge in [0.1, 0.15) is 5.00 Å². The molecular formula is C7H10N2S. The van der Waals surface area contributed by atoms with E-state index in [2.05, 4.69) is 22.1 Å². The molecule has 1 aliphatic heterocycles. The lowest BCUT2D eigenvalue weighted by Gasteiger charge is -1.98. The highest BCUT2D eigenvalue weighted by Gasteiger charge is 2.05. The Balaban J connectivity index is 2.28. The van der Waals surface area contributed by atoms with Gasteiger partial charge in [0.05, 0.1) is 5.69 Å². The summed E-state index contributed by atoms with van der Waals surface area (Å²) in [6.07, 6.45) is 1.21. The Bertz CT molecular complexity index is 199. The van der Waals surface area contributed by atoms with Gasteiger partial charge in [0, 0.05) is 13.1 Å². The molecule has 0 unspecified atom stereocenters. The van der Waals surface area contributed by atoms with Crippen molar-refractivity contribution in [2.24, 2.45) is 0 Å². The van der Waals surface area contributed by atoms with Crippen molar-refractivity contribution in [1.29, 1.82) is 0 Å². The summed E-state index contributed by atoms with van der Waals surface area (Å²) in [6.45, 7) is 2.19. The van der Waals surface area contributed by atoms with E-state index in [0.29, 0.717) is 0 Å². The second kappa shape index (κ2) is 2.50. The van der Waals surface area contributed by atoms with Crippen molar-refractivity contribution >= 4 is 22.0 Å². The van der Waals surface area contributed by atoms with Crippen LogP contribution >= 0.6 is 11.3 Å². The predicted molar refractivity (Wildman–Crippen MR) is 45.9 cm³/mol. The van der Waals surface area contributed by atoms with Gasteiger partial charge in [-0.3, -0.25) is 0 Å². The maximum Gasteiger partial charge on any atom is 0.112 e. The van der Waals surface area contributed by atoms with Gasteiger partial charge in [-0.15, -0.1) is 11.3 Å². The number of anilines is 2. The molecule has 0 radical (unpaired) electrons. The van der Waals surface area contributed by atoms with Crippen molar-refractivity contribution in [2.45, 2.75) is 6.42 Å². The zero-order chi connectivity index (χ0) is 6.81. The van der Waals surface area contributed by atoms with Crippen LogP contribution < -0.4 is 10.6 Å². The van der Waals surface area contributed by atoms with Gasteiger partial charge in [-0.25, -0.2) is 0 Å². The lowest BCUT2D eigenvalue weighted by atomic mass is 10.4. The van der Waals surface area contributed by atoms with Gasteiger partial charge in [0.25, 0.3) is 0 Å². The highest BCUT2D eigenvalue weighted by molar-refractivity contribution is 7.14. The first-order valence-electron chi connectivity index (χ1n) is 3.52. The highest BCUT2D eigenvalue weighted by Crippen LogP contribution is 2.29. The molecule has 0 saturated heterocycles. The maximum atomic E-state index is 3.36. The lowest BCUT2D eigenvalue weighted by molar-refractivity contribution is 0.929. The van der Waals surface area contributed by atoms with E-state index in [4.69, 9.17) is 0 Å². The molecule has 0 aliphatic carbocycles. The third-order valence-corrected chi connectivity index (χ3v) is 2.49. The molecule has 2 heterocycles. The molecule has 10 heavy (non-hydrogen) atoms. The van der Waals surface area contributed by atoms with E-state index in [9.17, 15) is 0 Å². The van der Waals surface area contributed by atoms with Gasteiger partial charge in [0.15, 0.2) is 0 Å². The molecule has 2 N–H and O–H groups in total. The van der Waals surface area contributed by atoms with E-state index in [1.165, 1.54) is 17.1 Å². The van der Waals surface area contributed by atoms with Gasteiger partial charge in [-0.1, -0.05) is 0 Å². The van der Waals surface area contributed by atoms with E-state index in [1.54, 1.807) is 11.3 Å². The van der Waals surface area contributed by atoms with Crippen LogP contribution in [0.2, 0.25) is 0 Å². The first-order chi connectivity index (χ1) is 4.97. The molecular weight excluding hydrogens is 144 g/mol. The van der Waals surface area contributed by atoms with Gasteiger partial charge in [-0.2, -0.15) is 0 Å². The molecule has 0 atom stereocenters. The molecule has 1 aromatic heterocycles. The van der Waals surface area contributed by atoms with E-state index < -0.39 is 0 Å². The molecule has 0 saturated carbocycles. The van der Waals surface area contributed by atoms with E-state index in [0.717, 1.165) is 13.1 Å². The molecule has 2 nitrogen and oxygen atoms in total. The van der Waals surface area contributed by atoms with Crippen molar-refractivity contribution in [2.75, 3.05) is 23.7 Å². The average Bonchev–Trinajstić information content (AvgIpc) is 2.28. The molecule has 1 aromatic rings. The summed E-state index contributed by atoms with van der Waals surface area (Å²) in [5.74, 6) is 0. The topological polar surface area (TPSA) is 24.1 Å². The van der Waals surface area contributed by atoms with Crippen LogP contribution in [0.5, 0.6) is 0 Å². The Labute approximate surface area is 64.3 Å². The maximum absolute atomic E-state index is 3.36. The quantitative estimate of drug-likeness (QED) is 0.597. The predicted octanol–water partition coefficient (Wildman–Crippen LogP) is 1.98. The minimum absolute atomic E-state index is 1.09. The van der Waals surface area contributed by atoms with E-state index >= 15 is 0 Å². The summed E-state index contributed by atoms with van der Waals surface area (Å²) in [7, 11) is 0. The Hall–Kier alpha value is -0.700. The Morgan fingerprint density at radius 2 is 2.20 bits per heavy atom. The summed E-state index contributed by atoms with van der Waals surface area (Å²) in [6, 6.07) is 2.12. The molecule has 3 heteroatoms. The van der Waals surface area contributed by atoms with Crippen LogP contribution in [0, 0.1) is 0 Å². The molecule has 0 bridgehead atoms. The second-order valence-corrected chi connectivity index (χ2v) is 3.29. The van der Waals surface area contributed by atoms with Gasteiger partial charge in [0.2, 0.25) is 0 Å². The third-order valence-electron chi connectivity index (χ3n) is 1.62. The smallest absolute Gasteiger partial charge is 0.112 e. The van der Waals surface area contributed by atoms with Crippen molar-refractivity contribution in [3.63, 3.8) is 0 Å². The molecule has 0 fully saturated rings. The molecule has 1 aliphatic rings. The summed E-state index contributed by atoms with van der Waals surface area (Å²) < 4.78 is 0. The van der Waals surface area contributed by atoms with E-state index in [-0.39, 0.29) is 0 Å². The summed E-state index contributed by atoms with van der Waals surface area (Å²) in [5, 5.41) is 10.1. The fraction of sp³-hybridized carbons (Fsp3) is 0.429. The largest absolute Gasteiger partial charge is 0.383 e. The number of hydrogen-bond acceptors (Lipinski definition) is 3. The standard InChI is InChI=1S/C7H10N2S/c1-3-8-6-2-5-10-7(6)9-4-1/h2,5,8-9H,1,3-4H2. The minimum Gasteiger partial charge on any atom is -0.383 e. The van der Waals surface area contributed by atoms with Crippen LogP contribution in [0.1, 0.15) is 6.42 Å². The molecule has 0 amide bonds. The monoisotopic (exact) mass is 154 g/mol. The van der Waals surface area contributed by atoms with Crippen LogP contribution in [0.3, 0.4) is 0 Å². The number of hydrogen-bond donors (Lipinski definition) is 2. The first kappa shape index (κ1) is 6.04. The van der Waals surface area contributed by atoms with Crippen LogP contribution in [0.4, 0.5) is 10.7 Å². The zero-order valence-electron chi connectivity index (χ0n) is 5.68. The van der Waals surface area contributed by atoms with Gasteiger partial charge in [-0.05, 0) is 17.9 Å². The fourth-order valence-electron chi connectivity index (χ4n) is 1.10. The average molecular weight is 154 g/mol. The second-order valence-electron chi connectivity index (χ2n) is 2.37. The minimum atomic E-state index is 1.09. The normalized spacial score (nSPS) is 16.4. The molecule has 0 aromatic carbocycles. The van der Waals surface area contributed by atoms with Crippen molar-refractivity contribution in [3.05, 3.63) is 11.4 Å². The number of rotatable bonds is 0. The van der Waals surface area contributed by atoms with E-state index in [1.807, 2.05) is 0 Å². The van der Waals surface area contributed by atoms with Crippen molar-refractivity contribution in [1.82, 2.24) is 0 Å².